The second-order valence-corrected chi connectivity index (χ2v) is 7.35. The number of nitrogens with one attached hydrogen (secondary N) is 1. The zero-order chi connectivity index (χ0) is 13.6. The van der Waals surface area contributed by atoms with Gasteiger partial charge in [-0.05, 0) is 62.7 Å². The van der Waals surface area contributed by atoms with Crippen LogP contribution in [0.2, 0.25) is 0 Å². The van der Waals surface area contributed by atoms with Crippen molar-refractivity contribution in [2.75, 3.05) is 6.54 Å². The van der Waals surface area contributed by atoms with Crippen molar-refractivity contribution in [3.63, 3.8) is 0 Å². The largest absolute Gasteiger partial charge is 0.353 e. The third kappa shape index (κ3) is 2.01. The van der Waals surface area contributed by atoms with Gasteiger partial charge in [0.15, 0.2) is 0 Å². The van der Waals surface area contributed by atoms with E-state index in [1.807, 2.05) is 6.92 Å². The first kappa shape index (κ1) is 13.4. The molecule has 3 aliphatic rings. The van der Waals surface area contributed by atoms with Crippen molar-refractivity contribution in [1.82, 2.24) is 5.32 Å². The standard InChI is InChI=1S/C16H28N2O/c1-3-16(2,9-17)15(19)18-14-8-10-7-13(14)12-6-4-5-11(10)12/h10-14H,3-9,17H2,1-2H3,(H,18,19). The van der Waals surface area contributed by atoms with Crippen molar-refractivity contribution < 1.29 is 4.79 Å². The van der Waals surface area contributed by atoms with Gasteiger partial charge in [0.05, 0.1) is 5.41 Å². The maximum Gasteiger partial charge on any atom is 0.227 e. The first-order chi connectivity index (χ1) is 9.09. The Hall–Kier alpha value is -0.570. The fourth-order valence-electron chi connectivity index (χ4n) is 4.97. The molecule has 1 amide bonds. The van der Waals surface area contributed by atoms with Crippen molar-refractivity contribution in [3.8, 4) is 0 Å². The van der Waals surface area contributed by atoms with Gasteiger partial charge in [0, 0.05) is 12.6 Å². The molecule has 3 rings (SSSR count). The summed E-state index contributed by atoms with van der Waals surface area (Å²) in [5.41, 5.74) is 5.42. The Bertz CT molecular complexity index is 364. The molecule has 6 unspecified atom stereocenters. The van der Waals surface area contributed by atoms with Gasteiger partial charge in [0.25, 0.3) is 0 Å². The Morgan fingerprint density at radius 2 is 2.00 bits per heavy atom. The Morgan fingerprint density at radius 3 is 2.68 bits per heavy atom. The van der Waals surface area contributed by atoms with E-state index in [2.05, 4.69) is 12.2 Å². The second-order valence-electron chi connectivity index (χ2n) is 7.35. The van der Waals surface area contributed by atoms with Crippen LogP contribution in [0.25, 0.3) is 0 Å². The molecule has 0 aromatic rings. The van der Waals surface area contributed by atoms with Crippen LogP contribution < -0.4 is 11.1 Å². The predicted molar refractivity (Wildman–Crippen MR) is 76.4 cm³/mol. The van der Waals surface area contributed by atoms with E-state index in [1.165, 1.54) is 32.1 Å². The van der Waals surface area contributed by atoms with E-state index < -0.39 is 0 Å². The van der Waals surface area contributed by atoms with Crippen molar-refractivity contribution in [2.24, 2.45) is 34.8 Å². The average molecular weight is 264 g/mol. The molecule has 2 bridgehead atoms. The van der Waals surface area contributed by atoms with Crippen molar-refractivity contribution in [3.05, 3.63) is 0 Å². The third-order valence-electron chi connectivity index (χ3n) is 6.52. The molecule has 6 atom stereocenters. The number of rotatable bonds is 4. The number of carbonyl (C=O) groups is 1. The SMILES string of the molecule is CCC(C)(CN)C(=O)NC1CC2CC1C1CCCC21. The molecule has 0 saturated heterocycles. The fourth-order valence-corrected chi connectivity index (χ4v) is 4.97. The van der Waals surface area contributed by atoms with E-state index in [4.69, 9.17) is 5.73 Å². The van der Waals surface area contributed by atoms with Crippen LogP contribution in [0.4, 0.5) is 0 Å². The lowest BCUT2D eigenvalue weighted by Crippen LogP contribution is -2.50. The summed E-state index contributed by atoms with van der Waals surface area (Å²) in [6, 6.07) is 0.439. The summed E-state index contributed by atoms with van der Waals surface area (Å²) < 4.78 is 0. The summed E-state index contributed by atoms with van der Waals surface area (Å²) in [4.78, 5) is 12.5. The quantitative estimate of drug-likeness (QED) is 0.818. The third-order valence-corrected chi connectivity index (χ3v) is 6.52. The zero-order valence-electron chi connectivity index (χ0n) is 12.3. The lowest BCUT2D eigenvalue weighted by molar-refractivity contribution is -0.131. The Morgan fingerprint density at radius 1 is 1.26 bits per heavy atom. The summed E-state index contributed by atoms with van der Waals surface area (Å²) in [5, 5.41) is 3.35. The van der Waals surface area contributed by atoms with E-state index in [1.54, 1.807) is 0 Å². The molecule has 0 heterocycles. The van der Waals surface area contributed by atoms with E-state index in [0.29, 0.717) is 12.6 Å². The van der Waals surface area contributed by atoms with Gasteiger partial charge in [0.2, 0.25) is 5.91 Å². The summed E-state index contributed by atoms with van der Waals surface area (Å²) in [6.45, 7) is 4.50. The predicted octanol–water partition coefficient (Wildman–Crippen LogP) is 2.30. The number of hydrogen-bond acceptors (Lipinski definition) is 2. The van der Waals surface area contributed by atoms with Crippen molar-refractivity contribution in [2.45, 2.75) is 58.4 Å². The van der Waals surface area contributed by atoms with E-state index in [0.717, 1.165) is 30.1 Å². The highest BCUT2D eigenvalue weighted by Gasteiger charge is 2.54. The minimum atomic E-state index is -0.378. The van der Waals surface area contributed by atoms with Crippen molar-refractivity contribution >= 4 is 5.91 Å². The number of fused-ring (bicyclic) bond motifs is 5. The van der Waals surface area contributed by atoms with Crippen LogP contribution in [-0.4, -0.2) is 18.5 Å². The van der Waals surface area contributed by atoms with Gasteiger partial charge in [-0.15, -0.1) is 0 Å². The van der Waals surface area contributed by atoms with Gasteiger partial charge in [0.1, 0.15) is 0 Å². The molecular formula is C16H28N2O. The lowest BCUT2D eigenvalue weighted by Gasteiger charge is -2.35. The second kappa shape index (κ2) is 4.76. The number of hydrogen-bond donors (Lipinski definition) is 2. The molecule has 19 heavy (non-hydrogen) atoms. The topological polar surface area (TPSA) is 55.1 Å². The first-order valence-corrected chi connectivity index (χ1v) is 8.10. The van der Waals surface area contributed by atoms with E-state index in [9.17, 15) is 4.79 Å². The van der Waals surface area contributed by atoms with Crippen LogP contribution in [0.15, 0.2) is 0 Å². The monoisotopic (exact) mass is 264 g/mol. The number of carbonyl (C=O) groups excluding carboxylic acids is 1. The molecule has 108 valence electrons. The molecule has 3 heteroatoms. The minimum absolute atomic E-state index is 0.185. The highest BCUT2D eigenvalue weighted by Crippen LogP contribution is 2.58. The molecule has 3 aliphatic carbocycles. The first-order valence-electron chi connectivity index (χ1n) is 8.10. The summed E-state index contributed by atoms with van der Waals surface area (Å²) in [5.74, 6) is 3.75. The van der Waals surface area contributed by atoms with Gasteiger partial charge >= 0.3 is 0 Å². The van der Waals surface area contributed by atoms with E-state index in [-0.39, 0.29) is 11.3 Å². The van der Waals surface area contributed by atoms with Gasteiger partial charge in [-0.1, -0.05) is 13.3 Å². The maximum absolute atomic E-state index is 12.5. The molecule has 0 aliphatic heterocycles. The minimum Gasteiger partial charge on any atom is -0.353 e. The average Bonchev–Trinajstić information content (AvgIpc) is 3.09. The molecular weight excluding hydrogens is 236 g/mol. The smallest absolute Gasteiger partial charge is 0.227 e. The molecule has 0 spiro atoms. The van der Waals surface area contributed by atoms with Gasteiger partial charge in [-0.3, -0.25) is 4.79 Å². The highest BCUT2D eigenvalue weighted by molar-refractivity contribution is 5.82. The molecule has 3 fully saturated rings. The highest BCUT2D eigenvalue weighted by atomic mass is 16.2. The fraction of sp³-hybridized carbons (Fsp3) is 0.938. The van der Waals surface area contributed by atoms with Crippen LogP contribution in [0.3, 0.4) is 0 Å². The Kier molecular flexibility index (Phi) is 3.36. The van der Waals surface area contributed by atoms with E-state index >= 15 is 0 Å². The van der Waals surface area contributed by atoms with Crippen LogP contribution in [0, 0.1) is 29.1 Å². The molecule has 3 saturated carbocycles. The summed E-state index contributed by atoms with van der Waals surface area (Å²) in [7, 11) is 0. The molecule has 0 radical (unpaired) electrons. The molecule has 3 nitrogen and oxygen atoms in total. The zero-order valence-corrected chi connectivity index (χ0v) is 12.3. The summed E-state index contributed by atoms with van der Waals surface area (Å²) in [6.07, 6.45) is 7.68. The number of nitrogens with two attached hydrogens (primary N) is 1. The van der Waals surface area contributed by atoms with Crippen LogP contribution >= 0.6 is 0 Å². The normalized spacial score (nSPS) is 43.0. The van der Waals surface area contributed by atoms with Crippen LogP contribution in [0.1, 0.15) is 52.4 Å². The Labute approximate surface area is 116 Å². The molecule has 0 aromatic heterocycles. The van der Waals surface area contributed by atoms with Gasteiger partial charge in [-0.25, -0.2) is 0 Å². The lowest BCUT2D eigenvalue weighted by atomic mass is 9.78. The van der Waals surface area contributed by atoms with Gasteiger partial charge in [-0.2, -0.15) is 0 Å². The molecule has 0 aromatic carbocycles. The van der Waals surface area contributed by atoms with Crippen LogP contribution in [0.5, 0.6) is 0 Å². The van der Waals surface area contributed by atoms with Gasteiger partial charge < -0.3 is 11.1 Å². The maximum atomic E-state index is 12.5. The van der Waals surface area contributed by atoms with Crippen LogP contribution in [-0.2, 0) is 4.79 Å². The number of amides is 1. The van der Waals surface area contributed by atoms with Crippen molar-refractivity contribution in [1.29, 1.82) is 0 Å². The Balaban J connectivity index is 1.65. The summed E-state index contributed by atoms with van der Waals surface area (Å²) >= 11 is 0. The molecule has 3 N–H and O–H groups in total.